The standard InChI is InChI=1S/C16H21N3O/c1-17-16(19-13-15-10-6-12-20-15)18-11-5-9-14-7-3-2-4-8-14/h2-4,6-8,10,12H,5,9,11,13H2,1H3,(H2,17,18,19). The fourth-order valence-corrected chi connectivity index (χ4v) is 1.95. The lowest BCUT2D eigenvalue weighted by Crippen LogP contribution is -2.37. The van der Waals surface area contributed by atoms with Crippen LogP contribution in [0.3, 0.4) is 0 Å². The number of nitrogens with one attached hydrogen (secondary N) is 2. The van der Waals surface area contributed by atoms with Gasteiger partial charge in [-0.2, -0.15) is 0 Å². The lowest BCUT2D eigenvalue weighted by molar-refractivity contribution is 0.501. The molecule has 4 heteroatoms. The molecule has 2 N–H and O–H groups in total. The lowest BCUT2D eigenvalue weighted by atomic mass is 10.1. The van der Waals surface area contributed by atoms with Crippen molar-refractivity contribution >= 4 is 5.96 Å². The molecule has 2 rings (SSSR count). The summed E-state index contributed by atoms with van der Waals surface area (Å²) in [4.78, 5) is 4.18. The van der Waals surface area contributed by atoms with Gasteiger partial charge in [0.05, 0.1) is 12.8 Å². The van der Waals surface area contributed by atoms with Gasteiger partial charge in [-0.05, 0) is 30.5 Å². The van der Waals surface area contributed by atoms with Crippen LogP contribution in [0.4, 0.5) is 0 Å². The summed E-state index contributed by atoms with van der Waals surface area (Å²) in [5.74, 6) is 1.70. The Morgan fingerprint density at radius 2 is 1.95 bits per heavy atom. The van der Waals surface area contributed by atoms with E-state index in [1.54, 1.807) is 13.3 Å². The predicted octanol–water partition coefficient (Wildman–Crippen LogP) is 2.58. The van der Waals surface area contributed by atoms with Gasteiger partial charge < -0.3 is 15.1 Å². The third-order valence-corrected chi connectivity index (χ3v) is 3.01. The van der Waals surface area contributed by atoms with Crippen molar-refractivity contribution in [3.63, 3.8) is 0 Å². The molecule has 1 heterocycles. The molecule has 1 aromatic carbocycles. The monoisotopic (exact) mass is 271 g/mol. The lowest BCUT2D eigenvalue weighted by Gasteiger charge is -2.10. The Morgan fingerprint density at radius 1 is 1.10 bits per heavy atom. The van der Waals surface area contributed by atoms with Crippen LogP contribution in [0, 0.1) is 0 Å². The van der Waals surface area contributed by atoms with Crippen LogP contribution in [-0.4, -0.2) is 19.6 Å². The molecule has 0 fully saturated rings. The van der Waals surface area contributed by atoms with Crippen LogP contribution in [-0.2, 0) is 13.0 Å². The number of furan rings is 1. The van der Waals surface area contributed by atoms with Crippen molar-refractivity contribution < 1.29 is 4.42 Å². The van der Waals surface area contributed by atoms with Crippen LogP contribution < -0.4 is 10.6 Å². The highest BCUT2D eigenvalue weighted by atomic mass is 16.3. The summed E-state index contributed by atoms with van der Waals surface area (Å²) < 4.78 is 5.27. The summed E-state index contributed by atoms with van der Waals surface area (Å²) >= 11 is 0. The van der Waals surface area contributed by atoms with E-state index in [1.807, 2.05) is 18.2 Å². The van der Waals surface area contributed by atoms with Crippen LogP contribution in [0.15, 0.2) is 58.1 Å². The first-order valence-electron chi connectivity index (χ1n) is 6.89. The molecule has 2 aromatic rings. The Labute approximate surface area is 119 Å². The normalized spacial score (nSPS) is 11.3. The first-order valence-corrected chi connectivity index (χ1v) is 6.89. The fraction of sp³-hybridized carbons (Fsp3) is 0.312. The molecule has 0 spiro atoms. The zero-order valence-electron chi connectivity index (χ0n) is 11.8. The molecule has 0 atom stereocenters. The SMILES string of the molecule is CN=C(NCCCc1ccccc1)NCc1ccco1. The average molecular weight is 271 g/mol. The summed E-state index contributed by atoms with van der Waals surface area (Å²) in [6.45, 7) is 1.54. The number of benzene rings is 1. The van der Waals surface area contributed by atoms with E-state index in [-0.39, 0.29) is 0 Å². The second-order valence-corrected chi connectivity index (χ2v) is 4.52. The molecule has 0 unspecified atom stereocenters. The number of aliphatic imine (C=N–C) groups is 1. The highest BCUT2D eigenvalue weighted by molar-refractivity contribution is 5.79. The molecular weight excluding hydrogens is 250 g/mol. The molecule has 0 amide bonds. The zero-order valence-corrected chi connectivity index (χ0v) is 11.8. The van der Waals surface area contributed by atoms with Gasteiger partial charge in [0, 0.05) is 13.6 Å². The van der Waals surface area contributed by atoms with Gasteiger partial charge in [0.15, 0.2) is 5.96 Å². The highest BCUT2D eigenvalue weighted by Crippen LogP contribution is 2.01. The van der Waals surface area contributed by atoms with Crippen molar-refractivity contribution in [3.05, 3.63) is 60.1 Å². The smallest absolute Gasteiger partial charge is 0.191 e. The van der Waals surface area contributed by atoms with E-state index in [1.165, 1.54) is 5.56 Å². The van der Waals surface area contributed by atoms with Crippen LogP contribution in [0.1, 0.15) is 17.7 Å². The summed E-state index contributed by atoms with van der Waals surface area (Å²) in [5.41, 5.74) is 1.37. The Hall–Kier alpha value is -2.23. The molecule has 0 saturated heterocycles. The molecule has 1 aromatic heterocycles. The summed E-state index contributed by atoms with van der Waals surface area (Å²) in [6.07, 6.45) is 3.82. The minimum absolute atomic E-state index is 0.644. The number of nitrogens with zero attached hydrogens (tertiary/aromatic N) is 1. The number of hydrogen-bond acceptors (Lipinski definition) is 2. The third-order valence-electron chi connectivity index (χ3n) is 3.01. The number of hydrogen-bond donors (Lipinski definition) is 2. The molecule has 0 bridgehead atoms. The first kappa shape index (κ1) is 14.2. The van der Waals surface area contributed by atoms with E-state index < -0.39 is 0 Å². The molecule has 20 heavy (non-hydrogen) atoms. The molecule has 0 aliphatic heterocycles. The maximum Gasteiger partial charge on any atom is 0.191 e. The largest absolute Gasteiger partial charge is 0.467 e. The molecule has 0 aliphatic carbocycles. The maximum absolute atomic E-state index is 5.27. The van der Waals surface area contributed by atoms with Crippen molar-refractivity contribution in [2.45, 2.75) is 19.4 Å². The van der Waals surface area contributed by atoms with Crippen LogP contribution >= 0.6 is 0 Å². The second-order valence-electron chi connectivity index (χ2n) is 4.52. The average Bonchev–Trinajstić information content (AvgIpc) is 3.01. The number of aryl methyl sites for hydroxylation is 1. The quantitative estimate of drug-likeness (QED) is 0.482. The summed E-state index contributed by atoms with van der Waals surface area (Å²) in [6, 6.07) is 14.3. The number of guanidine groups is 1. The Morgan fingerprint density at radius 3 is 2.65 bits per heavy atom. The van der Waals surface area contributed by atoms with Gasteiger partial charge in [0.1, 0.15) is 5.76 Å². The third kappa shape index (κ3) is 4.80. The van der Waals surface area contributed by atoms with Gasteiger partial charge in [0.25, 0.3) is 0 Å². The van der Waals surface area contributed by atoms with Crippen molar-refractivity contribution in [2.75, 3.05) is 13.6 Å². The molecule has 106 valence electrons. The van der Waals surface area contributed by atoms with E-state index in [9.17, 15) is 0 Å². The minimum Gasteiger partial charge on any atom is -0.467 e. The van der Waals surface area contributed by atoms with Gasteiger partial charge in [-0.15, -0.1) is 0 Å². The van der Waals surface area contributed by atoms with Crippen LogP contribution in [0.5, 0.6) is 0 Å². The first-order chi connectivity index (χ1) is 9.88. The molecule has 0 radical (unpaired) electrons. The molecule has 0 aliphatic rings. The summed E-state index contributed by atoms with van der Waals surface area (Å²) in [5, 5.41) is 6.51. The van der Waals surface area contributed by atoms with Crippen molar-refractivity contribution in [1.82, 2.24) is 10.6 Å². The summed E-state index contributed by atoms with van der Waals surface area (Å²) in [7, 11) is 1.77. The molecular formula is C16H21N3O. The Balaban J connectivity index is 1.64. The minimum atomic E-state index is 0.644. The van der Waals surface area contributed by atoms with Gasteiger partial charge in [-0.3, -0.25) is 4.99 Å². The van der Waals surface area contributed by atoms with E-state index in [0.717, 1.165) is 31.1 Å². The Bertz CT molecular complexity index is 506. The molecule has 4 nitrogen and oxygen atoms in total. The van der Waals surface area contributed by atoms with Gasteiger partial charge in [-0.25, -0.2) is 0 Å². The molecule has 0 saturated carbocycles. The van der Waals surface area contributed by atoms with Gasteiger partial charge in [0.2, 0.25) is 0 Å². The predicted molar refractivity (Wildman–Crippen MR) is 81.7 cm³/mol. The number of rotatable bonds is 6. The highest BCUT2D eigenvalue weighted by Gasteiger charge is 1.99. The van der Waals surface area contributed by atoms with Gasteiger partial charge >= 0.3 is 0 Å². The van der Waals surface area contributed by atoms with Crippen LogP contribution in [0.25, 0.3) is 0 Å². The van der Waals surface area contributed by atoms with Crippen LogP contribution in [0.2, 0.25) is 0 Å². The van der Waals surface area contributed by atoms with Crippen molar-refractivity contribution in [1.29, 1.82) is 0 Å². The van der Waals surface area contributed by atoms with E-state index in [4.69, 9.17) is 4.42 Å². The van der Waals surface area contributed by atoms with E-state index >= 15 is 0 Å². The van der Waals surface area contributed by atoms with Gasteiger partial charge in [-0.1, -0.05) is 30.3 Å². The Kier molecular flexibility index (Phi) is 5.71. The zero-order chi connectivity index (χ0) is 14.0. The fourth-order valence-electron chi connectivity index (χ4n) is 1.95. The van der Waals surface area contributed by atoms with Crippen molar-refractivity contribution in [2.24, 2.45) is 4.99 Å². The van der Waals surface area contributed by atoms with E-state index in [0.29, 0.717) is 6.54 Å². The van der Waals surface area contributed by atoms with Crippen molar-refractivity contribution in [3.8, 4) is 0 Å². The topological polar surface area (TPSA) is 49.6 Å². The second kappa shape index (κ2) is 8.04. The maximum atomic E-state index is 5.27. The van der Waals surface area contributed by atoms with E-state index in [2.05, 4.69) is 39.9 Å².